The first-order chi connectivity index (χ1) is 10.9. The van der Waals surface area contributed by atoms with Gasteiger partial charge in [-0.1, -0.05) is 31.0 Å². The van der Waals surface area contributed by atoms with Crippen LogP contribution in [0.25, 0.3) is 0 Å². The fourth-order valence-corrected chi connectivity index (χ4v) is 3.83. The highest BCUT2D eigenvalue weighted by molar-refractivity contribution is 7.89. The Labute approximate surface area is 135 Å². The van der Waals surface area contributed by atoms with Gasteiger partial charge in [0.05, 0.1) is 4.90 Å². The molecule has 1 saturated carbocycles. The van der Waals surface area contributed by atoms with E-state index in [1.807, 2.05) is 0 Å². The molecular formula is C15H21N3O4S. The van der Waals surface area contributed by atoms with Crippen LogP contribution in [0.15, 0.2) is 35.2 Å². The highest BCUT2D eigenvalue weighted by atomic mass is 32.2. The van der Waals surface area contributed by atoms with Crippen molar-refractivity contribution in [2.24, 2.45) is 11.1 Å². The van der Waals surface area contributed by atoms with Crippen molar-refractivity contribution in [2.45, 2.75) is 30.6 Å². The van der Waals surface area contributed by atoms with Crippen LogP contribution in [0, 0.1) is 5.41 Å². The van der Waals surface area contributed by atoms with Crippen molar-refractivity contribution in [3.63, 3.8) is 0 Å². The smallest absolute Gasteiger partial charge is 0.240 e. The van der Waals surface area contributed by atoms with Crippen molar-refractivity contribution in [3.05, 3.63) is 30.3 Å². The minimum absolute atomic E-state index is 0.0395. The SMILES string of the molecule is NC(=O)C1(C(=O)NCCNS(=O)(=O)c2ccccc2)CCCC1. The van der Waals surface area contributed by atoms with E-state index in [4.69, 9.17) is 5.73 Å². The van der Waals surface area contributed by atoms with Crippen LogP contribution in [0.5, 0.6) is 0 Å². The number of primary amides is 1. The van der Waals surface area contributed by atoms with E-state index in [2.05, 4.69) is 10.0 Å². The lowest BCUT2D eigenvalue weighted by Gasteiger charge is -2.23. The Kier molecular flexibility index (Phi) is 5.38. The number of carbonyl (C=O) groups excluding carboxylic acids is 2. The first-order valence-electron chi connectivity index (χ1n) is 7.51. The number of carbonyl (C=O) groups is 2. The van der Waals surface area contributed by atoms with E-state index < -0.39 is 27.3 Å². The fraction of sp³-hybridized carbons (Fsp3) is 0.467. The summed E-state index contributed by atoms with van der Waals surface area (Å²) in [7, 11) is -3.60. The van der Waals surface area contributed by atoms with Crippen molar-refractivity contribution in [3.8, 4) is 0 Å². The zero-order chi connectivity index (χ0) is 16.9. The number of hydrogen-bond donors (Lipinski definition) is 3. The van der Waals surface area contributed by atoms with Crippen LogP contribution in [-0.4, -0.2) is 33.3 Å². The molecule has 0 spiro atoms. The maximum absolute atomic E-state index is 12.2. The molecule has 0 radical (unpaired) electrons. The summed E-state index contributed by atoms with van der Waals surface area (Å²) in [4.78, 5) is 24.0. The van der Waals surface area contributed by atoms with Crippen LogP contribution in [0.3, 0.4) is 0 Å². The zero-order valence-electron chi connectivity index (χ0n) is 12.7. The van der Waals surface area contributed by atoms with Gasteiger partial charge in [-0.2, -0.15) is 0 Å². The molecule has 1 aliphatic carbocycles. The lowest BCUT2D eigenvalue weighted by molar-refractivity contribution is -0.141. The van der Waals surface area contributed by atoms with Crippen LogP contribution in [0.4, 0.5) is 0 Å². The van der Waals surface area contributed by atoms with Crippen molar-refractivity contribution in [1.29, 1.82) is 0 Å². The van der Waals surface area contributed by atoms with Gasteiger partial charge in [0.1, 0.15) is 5.41 Å². The van der Waals surface area contributed by atoms with E-state index in [1.54, 1.807) is 18.2 Å². The molecule has 23 heavy (non-hydrogen) atoms. The summed E-state index contributed by atoms with van der Waals surface area (Å²) in [5.74, 6) is -1.03. The van der Waals surface area contributed by atoms with Crippen LogP contribution in [0.1, 0.15) is 25.7 Å². The molecule has 2 amide bonds. The first-order valence-corrected chi connectivity index (χ1v) is 9.00. The monoisotopic (exact) mass is 339 g/mol. The van der Waals surface area contributed by atoms with Crippen molar-refractivity contribution in [1.82, 2.24) is 10.0 Å². The summed E-state index contributed by atoms with van der Waals surface area (Å²) in [5.41, 5.74) is 4.23. The highest BCUT2D eigenvalue weighted by Crippen LogP contribution is 2.37. The van der Waals surface area contributed by atoms with Gasteiger partial charge in [-0.25, -0.2) is 13.1 Å². The Hall–Kier alpha value is -1.93. The fourth-order valence-electron chi connectivity index (χ4n) is 2.78. The van der Waals surface area contributed by atoms with E-state index in [0.29, 0.717) is 12.8 Å². The standard InChI is InChI=1S/C15H21N3O4S/c16-13(19)15(8-4-5-9-15)14(20)17-10-11-18-23(21,22)12-6-2-1-3-7-12/h1-3,6-7,18H,4-5,8-11H2,(H2,16,19)(H,17,20). The van der Waals surface area contributed by atoms with E-state index in [1.165, 1.54) is 12.1 Å². The molecule has 4 N–H and O–H groups in total. The van der Waals surface area contributed by atoms with Gasteiger partial charge in [-0.3, -0.25) is 9.59 Å². The Morgan fingerprint density at radius 3 is 2.26 bits per heavy atom. The van der Waals surface area contributed by atoms with Crippen LogP contribution < -0.4 is 15.8 Å². The summed E-state index contributed by atoms with van der Waals surface area (Å²) in [5, 5.41) is 2.60. The van der Waals surface area contributed by atoms with Crippen LogP contribution in [0.2, 0.25) is 0 Å². The molecule has 1 aromatic carbocycles. The molecular weight excluding hydrogens is 318 g/mol. The van der Waals surface area contributed by atoms with Gasteiger partial charge >= 0.3 is 0 Å². The van der Waals surface area contributed by atoms with Gasteiger partial charge in [0.25, 0.3) is 0 Å². The Morgan fingerprint density at radius 1 is 1.09 bits per heavy atom. The van der Waals surface area contributed by atoms with E-state index in [-0.39, 0.29) is 18.0 Å². The quantitative estimate of drug-likeness (QED) is 0.483. The van der Waals surface area contributed by atoms with Gasteiger partial charge < -0.3 is 11.1 Å². The molecule has 126 valence electrons. The van der Waals surface area contributed by atoms with E-state index in [9.17, 15) is 18.0 Å². The molecule has 2 rings (SSSR count). The van der Waals surface area contributed by atoms with Crippen molar-refractivity contribution >= 4 is 21.8 Å². The summed E-state index contributed by atoms with van der Waals surface area (Å²) >= 11 is 0. The highest BCUT2D eigenvalue weighted by Gasteiger charge is 2.46. The molecule has 1 aromatic rings. The molecule has 8 heteroatoms. The third kappa shape index (κ3) is 3.89. The van der Waals surface area contributed by atoms with E-state index in [0.717, 1.165) is 12.8 Å². The molecule has 0 atom stereocenters. The molecule has 1 fully saturated rings. The first kappa shape index (κ1) is 17.4. The molecule has 0 aliphatic heterocycles. The van der Waals surface area contributed by atoms with Crippen LogP contribution >= 0.6 is 0 Å². The number of hydrogen-bond acceptors (Lipinski definition) is 4. The third-order valence-electron chi connectivity index (χ3n) is 4.12. The molecule has 0 unspecified atom stereocenters. The summed E-state index contributed by atoms with van der Waals surface area (Å²) in [6, 6.07) is 7.97. The van der Waals surface area contributed by atoms with Gasteiger partial charge in [-0.05, 0) is 25.0 Å². The van der Waals surface area contributed by atoms with Crippen molar-refractivity contribution in [2.75, 3.05) is 13.1 Å². The number of nitrogens with one attached hydrogen (secondary N) is 2. The maximum atomic E-state index is 12.2. The molecule has 0 aromatic heterocycles. The normalized spacial score (nSPS) is 16.9. The average molecular weight is 339 g/mol. The molecule has 0 bridgehead atoms. The van der Waals surface area contributed by atoms with E-state index >= 15 is 0 Å². The Bertz CT molecular complexity index is 667. The third-order valence-corrected chi connectivity index (χ3v) is 5.60. The van der Waals surface area contributed by atoms with Crippen LogP contribution in [-0.2, 0) is 19.6 Å². The lowest BCUT2D eigenvalue weighted by atomic mass is 9.84. The summed E-state index contributed by atoms with van der Waals surface area (Å²) in [6.07, 6.45) is 2.47. The Balaban J connectivity index is 1.86. The average Bonchev–Trinajstić information content (AvgIpc) is 3.03. The Morgan fingerprint density at radius 2 is 1.70 bits per heavy atom. The summed E-state index contributed by atoms with van der Waals surface area (Å²) in [6.45, 7) is 0.137. The number of nitrogens with two attached hydrogens (primary N) is 1. The largest absolute Gasteiger partial charge is 0.369 e. The van der Waals surface area contributed by atoms with Gasteiger partial charge in [0, 0.05) is 13.1 Å². The second kappa shape index (κ2) is 7.10. The number of sulfonamides is 1. The van der Waals surface area contributed by atoms with Gasteiger partial charge in [0.15, 0.2) is 0 Å². The predicted octanol–water partition coefficient (Wildman–Crippen LogP) is 0.127. The molecule has 7 nitrogen and oxygen atoms in total. The number of rotatable bonds is 7. The molecule has 1 aliphatic rings. The molecule has 0 saturated heterocycles. The van der Waals surface area contributed by atoms with Crippen molar-refractivity contribution < 1.29 is 18.0 Å². The second-order valence-electron chi connectivity index (χ2n) is 5.62. The minimum Gasteiger partial charge on any atom is -0.369 e. The van der Waals surface area contributed by atoms with Gasteiger partial charge in [0.2, 0.25) is 21.8 Å². The lowest BCUT2D eigenvalue weighted by Crippen LogP contribution is -2.49. The minimum atomic E-state index is -3.60. The maximum Gasteiger partial charge on any atom is 0.240 e. The number of benzene rings is 1. The second-order valence-corrected chi connectivity index (χ2v) is 7.39. The zero-order valence-corrected chi connectivity index (χ0v) is 13.6. The summed E-state index contributed by atoms with van der Waals surface area (Å²) < 4.78 is 26.4. The van der Waals surface area contributed by atoms with Gasteiger partial charge in [-0.15, -0.1) is 0 Å². The predicted molar refractivity (Wildman–Crippen MR) is 84.7 cm³/mol. The number of amides is 2. The molecule has 0 heterocycles. The topological polar surface area (TPSA) is 118 Å².